The minimum Gasteiger partial charge on any atom is -0.303 e. The molecule has 1 aromatic carbocycles. The number of likely N-dealkylation sites (tertiary alicyclic amines) is 1. The number of nitrogens with zero attached hydrogens (tertiary/aromatic N) is 1. The van der Waals surface area contributed by atoms with E-state index in [-0.39, 0.29) is 5.78 Å². The fraction of sp³-hybridized carbons (Fsp3) is 0.556. The van der Waals surface area contributed by atoms with E-state index in [2.05, 4.69) is 11.3 Å². The van der Waals surface area contributed by atoms with Crippen LogP contribution in [-0.4, -0.2) is 30.3 Å². The first-order chi connectivity index (χ1) is 11.0. The lowest BCUT2D eigenvalue weighted by molar-refractivity contribution is -0.137. The summed E-state index contributed by atoms with van der Waals surface area (Å²) in [6.45, 7) is 3.33. The molecule has 0 amide bonds. The summed E-state index contributed by atoms with van der Waals surface area (Å²) in [6, 6.07) is 4.49. The van der Waals surface area contributed by atoms with Crippen LogP contribution >= 0.6 is 0 Å². The summed E-state index contributed by atoms with van der Waals surface area (Å²) in [5.41, 5.74) is -0.350. The summed E-state index contributed by atoms with van der Waals surface area (Å²) in [5, 5.41) is 0. The van der Waals surface area contributed by atoms with Crippen LogP contribution in [0.15, 0.2) is 24.3 Å². The van der Waals surface area contributed by atoms with Crippen molar-refractivity contribution in [2.24, 2.45) is 0 Å². The average molecular weight is 326 g/mol. The highest BCUT2D eigenvalue weighted by Gasteiger charge is 2.30. The number of rotatable bonds is 7. The van der Waals surface area contributed by atoms with Crippen molar-refractivity contribution in [2.45, 2.75) is 44.7 Å². The van der Waals surface area contributed by atoms with Crippen LogP contribution in [0.1, 0.15) is 54.4 Å². The number of alkyl halides is 3. The van der Waals surface area contributed by atoms with Crippen LogP contribution in [0.2, 0.25) is 0 Å². The van der Waals surface area contributed by atoms with E-state index in [4.69, 9.17) is 0 Å². The zero-order chi connectivity index (χ0) is 16.7. The first kappa shape index (κ1) is 18.0. The van der Waals surface area contributed by atoms with Gasteiger partial charge >= 0.3 is 6.18 Å². The second-order valence-corrected chi connectivity index (χ2v) is 6.02. The lowest BCUT2D eigenvalue weighted by Crippen LogP contribution is -2.30. The van der Waals surface area contributed by atoms with Crippen LogP contribution in [0.3, 0.4) is 0 Å². The number of Topliss-reactive ketones (excluding diaryl/α,β-unsaturated/α-hetero) is 1. The standard InChI is InChI=1S/C18H23F3NO/c19-18(20,21)16-10-8-15(9-11-16)17(23)7-3-1-4-12-22-13-5-2-6-14-22/h2,8-11H,1,3-7,12-14H2. The topological polar surface area (TPSA) is 20.3 Å². The largest absolute Gasteiger partial charge is 0.416 e. The summed E-state index contributed by atoms with van der Waals surface area (Å²) in [4.78, 5) is 14.4. The van der Waals surface area contributed by atoms with Crippen molar-refractivity contribution in [3.8, 4) is 0 Å². The minimum absolute atomic E-state index is 0.0775. The molecule has 5 heteroatoms. The van der Waals surface area contributed by atoms with E-state index >= 15 is 0 Å². The van der Waals surface area contributed by atoms with Crippen molar-refractivity contribution in [1.29, 1.82) is 0 Å². The monoisotopic (exact) mass is 326 g/mol. The zero-order valence-electron chi connectivity index (χ0n) is 13.2. The van der Waals surface area contributed by atoms with Crippen LogP contribution in [0.25, 0.3) is 0 Å². The molecule has 0 unspecified atom stereocenters. The normalized spacial score (nSPS) is 16.5. The molecular weight excluding hydrogens is 303 g/mol. The second-order valence-electron chi connectivity index (χ2n) is 6.02. The molecule has 1 heterocycles. The molecule has 0 spiro atoms. The summed E-state index contributed by atoms with van der Waals surface area (Å²) in [5.74, 6) is -0.0775. The molecule has 1 aliphatic rings. The number of carbonyl (C=O) groups excluding carboxylic acids is 1. The Hall–Kier alpha value is -1.36. The summed E-state index contributed by atoms with van der Waals surface area (Å²) >= 11 is 0. The van der Waals surface area contributed by atoms with Crippen LogP contribution in [-0.2, 0) is 6.18 Å². The second kappa shape index (κ2) is 8.48. The fourth-order valence-electron chi connectivity index (χ4n) is 2.81. The van der Waals surface area contributed by atoms with Crippen molar-refractivity contribution in [1.82, 2.24) is 4.90 Å². The van der Waals surface area contributed by atoms with Gasteiger partial charge in [0.25, 0.3) is 0 Å². The highest BCUT2D eigenvalue weighted by atomic mass is 19.4. The van der Waals surface area contributed by atoms with Gasteiger partial charge in [0.15, 0.2) is 5.78 Å². The molecular formula is C18H23F3NO. The van der Waals surface area contributed by atoms with E-state index in [1.54, 1.807) is 0 Å². The van der Waals surface area contributed by atoms with Crippen molar-refractivity contribution in [3.63, 3.8) is 0 Å². The Bertz CT molecular complexity index is 490. The molecule has 0 saturated carbocycles. The van der Waals surface area contributed by atoms with Crippen LogP contribution < -0.4 is 0 Å². The van der Waals surface area contributed by atoms with E-state index < -0.39 is 11.7 Å². The minimum atomic E-state index is -4.35. The van der Waals surface area contributed by atoms with E-state index in [1.807, 2.05) is 0 Å². The summed E-state index contributed by atoms with van der Waals surface area (Å²) in [7, 11) is 0. The Morgan fingerprint density at radius 2 is 1.65 bits per heavy atom. The Morgan fingerprint density at radius 1 is 1.00 bits per heavy atom. The molecule has 0 atom stereocenters. The Balaban J connectivity index is 1.66. The number of halogens is 3. The van der Waals surface area contributed by atoms with Crippen molar-refractivity contribution in [3.05, 3.63) is 41.8 Å². The third kappa shape index (κ3) is 5.98. The number of carbonyl (C=O) groups is 1. The van der Waals surface area contributed by atoms with Gasteiger partial charge < -0.3 is 4.90 Å². The van der Waals surface area contributed by atoms with Gasteiger partial charge in [-0.3, -0.25) is 4.79 Å². The van der Waals surface area contributed by atoms with Crippen molar-refractivity contribution >= 4 is 5.78 Å². The van der Waals surface area contributed by atoms with Gasteiger partial charge in [-0.05, 0) is 63.9 Å². The molecule has 1 saturated heterocycles. The maximum absolute atomic E-state index is 12.5. The Labute approximate surface area is 135 Å². The van der Waals surface area contributed by atoms with Crippen LogP contribution in [0, 0.1) is 6.42 Å². The molecule has 2 rings (SSSR count). The highest BCUT2D eigenvalue weighted by Crippen LogP contribution is 2.29. The molecule has 1 aromatic rings. The maximum atomic E-state index is 12.5. The SMILES string of the molecule is O=C(CCCCCN1CC[CH]CC1)c1ccc(C(F)(F)F)cc1. The molecule has 23 heavy (non-hydrogen) atoms. The maximum Gasteiger partial charge on any atom is 0.416 e. The van der Waals surface area contributed by atoms with Crippen LogP contribution in [0.5, 0.6) is 0 Å². The molecule has 1 aliphatic heterocycles. The Morgan fingerprint density at radius 3 is 2.26 bits per heavy atom. The van der Waals surface area contributed by atoms with Gasteiger partial charge in [-0.25, -0.2) is 0 Å². The average Bonchev–Trinajstić information content (AvgIpc) is 2.54. The van der Waals surface area contributed by atoms with Gasteiger partial charge in [0.1, 0.15) is 0 Å². The molecule has 0 aliphatic carbocycles. The molecule has 1 fully saturated rings. The van der Waals surface area contributed by atoms with E-state index in [1.165, 1.54) is 12.1 Å². The fourth-order valence-corrected chi connectivity index (χ4v) is 2.81. The van der Waals surface area contributed by atoms with E-state index in [9.17, 15) is 18.0 Å². The number of benzene rings is 1. The van der Waals surface area contributed by atoms with E-state index in [0.717, 1.165) is 63.9 Å². The highest BCUT2D eigenvalue weighted by molar-refractivity contribution is 5.96. The number of ketones is 1. The van der Waals surface area contributed by atoms with Crippen molar-refractivity contribution < 1.29 is 18.0 Å². The van der Waals surface area contributed by atoms with E-state index in [0.29, 0.717) is 12.0 Å². The predicted octanol–water partition coefficient (Wildman–Crippen LogP) is 4.75. The molecule has 0 bridgehead atoms. The third-order valence-electron chi connectivity index (χ3n) is 4.21. The zero-order valence-corrected chi connectivity index (χ0v) is 13.2. The van der Waals surface area contributed by atoms with Gasteiger partial charge in [0.2, 0.25) is 0 Å². The van der Waals surface area contributed by atoms with Gasteiger partial charge in [-0.2, -0.15) is 13.2 Å². The van der Waals surface area contributed by atoms with Gasteiger partial charge in [-0.1, -0.05) is 18.6 Å². The molecule has 0 aromatic heterocycles. The third-order valence-corrected chi connectivity index (χ3v) is 4.21. The van der Waals surface area contributed by atoms with Gasteiger partial charge in [0, 0.05) is 12.0 Å². The molecule has 2 nitrogen and oxygen atoms in total. The number of hydrogen-bond acceptors (Lipinski definition) is 2. The van der Waals surface area contributed by atoms with Crippen molar-refractivity contribution in [2.75, 3.05) is 19.6 Å². The first-order valence-corrected chi connectivity index (χ1v) is 8.21. The Kier molecular flexibility index (Phi) is 6.63. The summed E-state index contributed by atoms with van der Waals surface area (Å²) < 4.78 is 37.4. The number of unbranched alkanes of at least 4 members (excludes halogenated alkanes) is 2. The van der Waals surface area contributed by atoms with Crippen LogP contribution in [0.4, 0.5) is 13.2 Å². The summed E-state index contributed by atoms with van der Waals surface area (Å²) in [6.07, 6.45) is 3.53. The first-order valence-electron chi connectivity index (χ1n) is 8.21. The quantitative estimate of drug-likeness (QED) is 0.532. The number of piperidine rings is 1. The molecule has 1 radical (unpaired) electrons. The smallest absolute Gasteiger partial charge is 0.303 e. The number of hydrogen-bond donors (Lipinski definition) is 0. The van der Waals surface area contributed by atoms with Gasteiger partial charge in [-0.15, -0.1) is 0 Å². The van der Waals surface area contributed by atoms with Gasteiger partial charge in [0.05, 0.1) is 5.56 Å². The predicted molar refractivity (Wildman–Crippen MR) is 84.2 cm³/mol. The molecule has 0 N–H and O–H groups in total. The molecule has 127 valence electrons. The lowest BCUT2D eigenvalue weighted by atomic mass is 10.0. The lowest BCUT2D eigenvalue weighted by Gasteiger charge is -2.26.